The van der Waals surface area contributed by atoms with E-state index in [1.807, 2.05) is 24.3 Å². The van der Waals surface area contributed by atoms with Crippen LogP contribution in [0.3, 0.4) is 0 Å². The Kier molecular flexibility index (Phi) is 2.59. The van der Waals surface area contributed by atoms with Gasteiger partial charge >= 0.3 is 0 Å². The lowest BCUT2D eigenvalue weighted by Crippen LogP contribution is -1.91. The van der Waals surface area contributed by atoms with Crippen molar-refractivity contribution in [1.82, 2.24) is 0 Å². The first-order chi connectivity index (χ1) is 7.24. The second-order valence-electron chi connectivity index (χ2n) is 3.60. The van der Waals surface area contributed by atoms with Crippen LogP contribution in [-0.4, -0.2) is 5.11 Å². The van der Waals surface area contributed by atoms with Crippen molar-refractivity contribution >= 4 is 5.69 Å². The van der Waals surface area contributed by atoms with E-state index in [1.54, 1.807) is 12.1 Å². The Morgan fingerprint density at radius 3 is 2.33 bits per heavy atom. The van der Waals surface area contributed by atoms with E-state index in [0.29, 0.717) is 5.69 Å². The number of nitrogen functional groups attached to an aromatic ring is 1. The minimum absolute atomic E-state index is 0.223. The summed E-state index contributed by atoms with van der Waals surface area (Å²) in [7, 11) is 0. The minimum atomic E-state index is 0.223. The summed E-state index contributed by atoms with van der Waals surface area (Å²) >= 11 is 0. The SMILES string of the molecule is Nc1cc(O)cc(Cc2ccccc2)c1. The van der Waals surface area contributed by atoms with Gasteiger partial charge in [-0.3, -0.25) is 0 Å². The molecule has 15 heavy (non-hydrogen) atoms. The molecule has 0 fully saturated rings. The first-order valence-electron chi connectivity index (χ1n) is 4.86. The molecule has 0 spiro atoms. The van der Waals surface area contributed by atoms with E-state index in [4.69, 9.17) is 5.73 Å². The van der Waals surface area contributed by atoms with E-state index in [2.05, 4.69) is 12.1 Å². The molecule has 76 valence electrons. The Labute approximate surface area is 89.0 Å². The second-order valence-corrected chi connectivity index (χ2v) is 3.60. The Bertz CT molecular complexity index is 431. The standard InChI is InChI=1S/C13H13NO/c14-12-7-11(8-13(15)9-12)6-10-4-2-1-3-5-10/h1-5,7-9,15H,6,14H2. The highest BCUT2D eigenvalue weighted by atomic mass is 16.3. The van der Waals surface area contributed by atoms with Crippen LogP contribution in [0, 0.1) is 0 Å². The molecule has 0 unspecified atom stereocenters. The first kappa shape index (κ1) is 9.59. The predicted molar refractivity (Wildman–Crippen MR) is 61.8 cm³/mol. The van der Waals surface area contributed by atoms with E-state index in [-0.39, 0.29) is 5.75 Å². The number of phenolic OH excluding ortho intramolecular Hbond substituents is 1. The molecule has 2 heteroatoms. The lowest BCUT2D eigenvalue weighted by molar-refractivity contribution is 0.475. The molecule has 0 radical (unpaired) electrons. The molecule has 0 amide bonds. The number of benzene rings is 2. The monoisotopic (exact) mass is 199 g/mol. The third kappa shape index (κ3) is 2.50. The number of phenols is 1. The fourth-order valence-corrected chi connectivity index (χ4v) is 1.63. The van der Waals surface area contributed by atoms with Crippen LogP contribution in [0.25, 0.3) is 0 Å². The molecular weight excluding hydrogens is 186 g/mol. The van der Waals surface area contributed by atoms with Crippen LogP contribution in [-0.2, 0) is 6.42 Å². The summed E-state index contributed by atoms with van der Waals surface area (Å²) in [6, 6.07) is 15.3. The van der Waals surface area contributed by atoms with Gasteiger partial charge in [0, 0.05) is 11.8 Å². The molecule has 0 aliphatic rings. The van der Waals surface area contributed by atoms with Gasteiger partial charge in [-0.2, -0.15) is 0 Å². The highest BCUT2D eigenvalue weighted by Gasteiger charge is 1.99. The van der Waals surface area contributed by atoms with Crippen LogP contribution in [0.2, 0.25) is 0 Å². The Morgan fingerprint density at radius 1 is 0.933 bits per heavy atom. The van der Waals surface area contributed by atoms with Gasteiger partial charge in [-0.25, -0.2) is 0 Å². The molecule has 0 bridgehead atoms. The molecule has 0 aliphatic carbocycles. The largest absolute Gasteiger partial charge is 0.508 e. The number of aromatic hydroxyl groups is 1. The van der Waals surface area contributed by atoms with E-state index >= 15 is 0 Å². The summed E-state index contributed by atoms with van der Waals surface area (Å²) in [5, 5.41) is 9.39. The van der Waals surface area contributed by atoms with E-state index in [0.717, 1.165) is 12.0 Å². The minimum Gasteiger partial charge on any atom is -0.508 e. The smallest absolute Gasteiger partial charge is 0.117 e. The summed E-state index contributed by atoms with van der Waals surface area (Å²) in [5.41, 5.74) is 8.49. The lowest BCUT2D eigenvalue weighted by Gasteiger charge is -2.04. The zero-order chi connectivity index (χ0) is 10.7. The average Bonchev–Trinajstić information content (AvgIpc) is 2.17. The quantitative estimate of drug-likeness (QED) is 0.730. The molecule has 3 N–H and O–H groups in total. The Hall–Kier alpha value is -1.96. The first-order valence-corrected chi connectivity index (χ1v) is 4.86. The van der Waals surface area contributed by atoms with Gasteiger partial charge < -0.3 is 10.8 Å². The van der Waals surface area contributed by atoms with Crippen molar-refractivity contribution < 1.29 is 5.11 Å². The fraction of sp³-hybridized carbons (Fsp3) is 0.0769. The summed E-state index contributed by atoms with van der Waals surface area (Å²) < 4.78 is 0. The van der Waals surface area contributed by atoms with Crippen LogP contribution in [0.15, 0.2) is 48.5 Å². The second kappa shape index (κ2) is 4.05. The van der Waals surface area contributed by atoms with Crippen molar-refractivity contribution in [3.8, 4) is 5.75 Å². The molecule has 2 aromatic carbocycles. The topological polar surface area (TPSA) is 46.2 Å². The van der Waals surface area contributed by atoms with Crippen molar-refractivity contribution in [3.63, 3.8) is 0 Å². The van der Waals surface area contributed by atoms with Crippen molar-refractivity contribution in [3.05, 3.63) is 59.7 Å². The molecule has 0 atom stereocenters. The van der Waals surface area contributed by atoms with Gasteiger partial charge in [0.15, 0.2) is 0 Å². The predicted octanol–water partition coefficient (Wildman–Crippen LogP) is 2.57. The zero-order valence-corrected chi connectivity index (χ0v) is 8.35. The molecule has 0 heterocycles. The number of hydrogen-bond acceptors (Lipinski definition) is 2. The molecular formula is C13H13NO. The van der Waals surface area contributed by atoms with E-state index < -0.39 is 0 Å². The van der Waals surface area contributed by atoms with Crippen LogP contribution in [0.4, 0.5) is 5.69 Å². The van der Waals surface area contributed by atoms with Crippen LogP contribution < -0.4 is 5.73 Å². The van der Waals surface area contributed by atoms with Gasteiger partial charge in [0.2, 0.25) is 0 Å². The molecule has 0 aliphatic heterocycles. The molecule has 2 aromatic rings. The lowest BCUT2D eigenvalue weighted by atomic mass is 10.0. The maximum atomic E-state index is 9.39. The molecule has 0 saturated heterocycles. The number of anilines is 1. The third-order valence-corrected chi connectivity index (χ3v) is 2.25. The fourth-order valence-electron chi connectivity index (χ4n) is 1.63. The van der Waals surface area contributed by atoms with Gasteiger partial charge in [-0.15, -0.1) is 0 Å². The van der Waals surface area contributed by atoms with E-state index in [1.165, 1.54) is 5.56 Å². The van der Waals surface area contributed by atoms with Gasteiger partial charge in [-0.05, 0) is 29.7 Å². The van der Waals surface area contributed by atoms with Crippen molar-refractivity contribution in [2.24, 2.45) is 0 Å². The normalized spacial score (nSPS) is 10.1. The molecule has 0 saturated carbocycles. The van der Waals surface area contributed by atoms with Crippen LogP contribution in [0.5, 0.6) is 5.75 Å². The summed E-state index contributed by atoms with van der Waals surface area (Å²) in [4.78, 5) is 0. The molecule has 0 aromatic heterocycles. The van der Waals surface area contributed by atoms with Gasteiger partial charge in [0.05, 0.1) is 0 Å². The van der Waals surface area contributed by atoms with Gasteiger partial charge in [0.1, 0.15) is 5.75 Å². The maximum absolute atomic E-state index is 9.39. The van der Waals surface area contributed by atoms with E-state index in [9.17, 15) is 5.11 Å². The van der Waals surface area contributed by atoms with Crippen molar-refractivity contribution in [2.45, 2.75) is 6.42 Å². The highest BCUT2D eigenvalue weighted by molar-refractivity contribution is 5.48. The number of nitrogens with two attached hydrogens (primary N) is 1. The summed E-state index contributed by atoms with van der Waals surface area (Å²) in [6.45, 7) is 0. The van der Waals surface area contributed by atoms with Crippen LogP contribution >= 0.6 is 0 Å². The maximum Gasteiger partial charge on any atom is 0.117 e. The Balaban J connectivity index is 2.25. The van der Waals surface area contributed by atoms with Crippen molar-refractivity contribution in [2.75, 3.05) is 5.73 Å². The number of hydrogen-bond donors (Lipinski definition) is 2. The third-order valence-electron chi connectivity index (χ3n) is 2.25. The zero-order valence-electron chi connectivity index (χ0n) is 8.35. The Morgan fingerprint density at radius 2 is 1.67 bits per heavy atom. The van der Waals surface area contributed by atoms with Gasteiger partial charge in [-0.1, -0.05) is 30.3 Å². The van der Waals surface area contributed by atoms with Crippen molar-refractivity contribution in [1.29, 1.82) is 0 Å². The van der Waals surface area contributed by atoms with Gasteiger partial charge in [0.25, 0.3) is 0 Å². The van der Waals surface area contributed by atoms with Crippen LogP contribution in [0.1, 0.15) is 11.1 Å². The molecule has 2 nitrogen and oxygen atoms in total. The average molecular weight is 199 g/mol. The summed E-state index contributed by atoms with van der Waals surface area (Å²) in [5.74, 6) is 0.223. The highest BCUT2D eigenvalue weighted by Crippen LogP contribution is 2.19. The summed E-state index contributed by atoms with van der Waals surface area (Å²) in [6.07, 6.45) is 0.791. The molecule has 2 rings (SSSR count). The number of rotatable bonds is 2.